The highest BCUT2D eigenvalue weighted by molar-refractivity contribution is 6.52. The van der Waals surface area contributed by atoms with Crippen molar-refractivity contribution < 1.29 is 14.4 Å². The van der Waals surface area contributed by atoms with Crippen molar-refractivity contribution in [2.75, 3.05) is 11.4 Å². The number of Topliss-reactive ketones (excluding diaryl/α,β-unsaturated/α-hetero) is 2. The lowest BCUT2D eigenvalue weighted by Crippen LogP contribution is -2.36. The minimum absolute atomic E-state index is 0.0129. The third kappa shape index (κ3) is 2.38. The molecular weight excluding hydrogens is 254 g/mol. The molecule has 1 aromatic carbocycles. The van der Waals surface area contributed by atoms with Crippen LogP contribution in [-0.4, -0.2) is 24.0 Å². The molecule has 0 aromatic heterocycles. The molecule has 1 aliphatic heterocycles. The van der Waals surface area contributed by atoms with Gasteiger partial charge in [-0.3, -0.25) is 19.3 Å². The number of benzene rings is 1. The fraction of sp³-hybridized carbons (Fsp3) is 0.438. The summed E-state index contributed by atoms with van der Waals surface area (Å²) < 4.78 is 0. The molecule has 1 unspecified atom stereocenters. The number of ketones is 2. The zero-order chi connectivity index (χ0) is 14.9. The summed E-state index contributed by atoms with van der Waals surface area (Å²) in [5.74, 6) is -1.21. The van der Waals surface area contributed by atoms with Crippen LogP contribution in [0.15, 0.2) is 18.2 Å². The van der Waals surface area contributed by atoms with Gasteiger partial charge < -0.3 is 0 Å². The standard InChI is InChI=1S/C16H19NO3/c1-4-10(3)14(18)9-17-13-7-6-11(5-2)8-12(13)15(19)16(17)20/h6-8,10H,4-5,9H2,1-3H3. The quantitative estimate of drug-likeness (QED) is 0.774. The maximum absolute atomic E-state index is 12.0. The summed E-state index contributed by atoms with van der Waals surface area (Å²) in [6, 6.07) is 5.41. The fourth-order valence-electron chi connectivity index (χ4n) is 2.26. The van der Waals surface area contributed by atoms with Crippen LogP contribution in [0.4, 0.5) is 5.69 Å². The highest BCUT2D eigenvalue weighted by atomic mass is 16.2. The lowest BCUT2D eigenvalue weighted by molar-refractivity contribution is -0.123. The predicted molar refractivity (Wildman–Crippen MR) is 77.0 cm³/mol. The Balaban J connectivity index is 2.32. The van der Waals surface area contributed by atoms with E-state index >= 15 is 0 Å². The molecule has 0 saturated carbocycles. The average Bonchev–Trinajstić information content (AvgIpc) is 2.70. The minimum Gasteiger partial charge on any atom is -0.297 e. The Morgan fingerprint density at radius 3 is 2.55 bits per heavy atom. The number of fused-ring (bicyclic) bond motifs is 1. The van der Waals surface area contributed by atoms with E-state index < -0.39 is 11.7 Å². The topological polar surface area (TPSA) is 54.5 Å². The normalized spacial score (nSPS) is 15.4. The summed E-state index contributed by atoms with van der Waals surface area (Å²) in [5.41, 5.74) is 2.00. The highest BCUT2D eigenvalue weighted by Crippen LogP contribution is 2.30. The van der Waals surface area contributed by atoms with Crippen LogP contribution in [0.25, 0.3) is 0 Å². The Bertz CT molecular complexity index is 577. The number of nitrogens with zero attached hydrogens (tertiary/aromatic N) is 1. The van der Waals surface area contributed by atoms with Crippen LogP contribution in [0.3, 0.4) is 0 Å². The number of amides is 1. The lowest BCUT2D eigenvalue weighted by Gasteiger charge is -2.17. The number of hydrogen-bond donors (Lipinski definition) is 0. The first-order chi connectivity index (χ1) is 9.49. The molecule has 0 radical (unpaired) electrons. The first-order valence-electron chi connectivity index (χ1n) is 7.01. The zero-order valence-corrected chi connectivity index (χ0v) is 12.1. The Kier molecular flexibility index (Phi) is 4.02. The van der Waals surface area contributed by atoms with Gasteiger partial charge in [0.2, 0.25) is 0 Å². The Morgan fingerprint density at radius 2 is 1.95 bits per heavy atom. The van der Waals surface area contributed by atoms with Gasteiger partial charge in [-0.2, -0.15) is 0 Å². The van der Waals surface area contributed by atoms with E-state index in [2.05, 4.69) is 0 Å². The smallest absolute Gasteiger partial charge is 0.297 e. The molecule has 106 valence electrons. The summed E-state index contributed by atoms with van der Waals surface area (Å²) in [5, 5.41) is 0. The van der Waals surface area contributed by atoms with Crippen LogP contribution in [0.5, 0.6) is 0 Å². The summed E-state index contributed by atoms with van der Waals surface area (Å²) in [7, 11) is 0. The Morgan fingerprint density at radius 1 is 1.25 bits per heavy atom. The van der Waals surface area contributed by atoms with Gasteiger partial charge in [0.05, 0.1) is 17.8 Å². The van der Waals surface area contributed by atoms with Gasteiger partial charge in [-0.1, -0.05) is 26.8 Å². The number of hydrogen-bond acceptors (Lipinski definition) is 3. The third-order valence-corrected chi connectivity index (χ3v) is 3.92. The molecule has 1 amide bonds. The van der Waals surface area contributed by atoms with Crippen LogP contribution in [0.2, 0.25) is 0 Å². The second kappa shape index (κ2) is 5.57. The van der Waals surface area contributed by atoms with Crippen molar-refractivity contribution in [3.05, 3.63) is 29.3 Å². The number of aryl methyl sites for hydroxylation is 1. The van der Waals surface area contributed by atoms with Crippen LogP contribution in [0.1, 0.15) is 43.1 Å². The molecule has 20 heavy (non-hydrogen) atoms. The first-order valence-corrected chi connectivity index (χ1v) is 7.01. The monoisotopic (exact) mass is 273 g/mol. The van der Waals surface area contributed by atoms with Gasteiger partial charge in [0.15, 0.2) is 5.78 Å². The Hall–Kier alpha value is -1.97. The van der Waals surface area contributed by atoms with Gasteiger partial charge in [-0.05, 0) is 30.5 Å². The molecule has 0 fully saturated rings. The second-order valence-corrected chi connectivity index (χ2v) is 5.20. The highest BCUT2D eigenvalue weighted by Gasteiger charge is 2.37. The summed E-state index contributed by atoms with van der Waals surface area (Å²) in [4.78, 5) is 37.3. The maximum atomic E-state index is 12.0. The van der Waals surface area contributed by atoms with E-state index in [9.17, 15) is 14.4 Å². The molecule has 4 nitrogen and oxygen atoms in total. The van der Waals surface area contributed by atoms with Crippen LogP contribution in [-0.2, 0) is 16.0 Å². The van der Waals surface area contributed by atoms with E-state index in [4.69, 9.17) is 0 Å². The Labute approximate surface area is 118 Å². The van der Waals surface area contributed by atoms with Gasteiger partial charge in [0.25, 0.3) is 11.7 Å². The summed E-state index contributed by atoms with van der Waals surface area (Å²) >= 11 is 0. The molecule has 0 bridgehead atoms. The van der Waals surface area contributed by atoms with Crippen LogP contribution < -0.4 is 4.90 Å². The van der Waals surface area contributed by atoms with E-state index in [0.29, 0.717) is 11.3 Å². The minimum atomic E-state index is -0.593. The third-order valence-electron chi connectivity index (χ3n) is 3.92. The van der Waals surface area contributed by atoms with Crippen molar-refractivity contribution >= 4 is 23.2 Å². The molecule has 1 aromatic rings. The molecule has 1 heterocycles. The van der Waals surface area contributed by atoms with Crippen molar-refractivity contribution in [2.45, 2.75) is 33.6 Å². The van der Waals surface area contributed by atoms with Crippen molar-refractivity contribution in [1.29, 1.82) is 0 Å². The molecule has 1 aliphatic rings. The average molecular weight is 273 g/mol. The molecule has 1 atom stereocenters. The number of carbonyl (C=O) groups is 3. The van der Waals surface area contributed by atoms with Gasteiger partial charge in [0, 0.05) is 5.92 Å². The lowest BCUT2D eigenvalue weighted by atomic mass is 10.0. The zero-order valence-electron chi connectivity index (χ0n) is 12.1. The maximum Gasteiger partial charge on any atom is 0.299 e. The molecular formula is C16H19NO3. The van der Waals surface area contributed by atoms with Gasteiger partial charge in [0.1, 0.15) is 0 Å². The molecule has 2 rings (SSSR count). The summed E-state index contributed by atoms with van der Waals surface area (Å²) in [6.45, 7) is 5.75. The van der Waals surface area contributed by atoms with Crippen molar-refractivity contribution in [3.8, 4) is 0 Å². The van der Waals surface area contributed by atoms with Crippen molar-refractivity contribution in [3.63, 3.8) is 0 Å². The van der Waals surface area contributed by atoms with E-state index in [0.717, 1.165) is 18.4 Å². The number of carbonyl (C=O) groups excluding carboxylic acids is 3. The molecule has 0 aliphatic carbocycles. The van der Waals surface area contributed by atoms with Gasteiger partial charge >= 0.3 is 0 Å². The van der Waals surface area contributed by atoms with E-state index in [1.165, 1.54) is 4.90 Å². The van der Waals surface area contributed by atoms with E-state index in [-0.39, 0.29) is 18.2 Å². The molecule has 0 spiro atoms. The fourth-order valence-corrected chi connectivity index (χ4v) is 2.26. The molecule has 4 heteroatoms. The van der Waals surface area contributed by atoms with Gasteiger partial charge in [-0.15, -0.1) is 0 Å². The number of anilines is 1. The molecule has 0 saturated heterocycles. The SMILES string of the molecule is CCc1ccc2c(c1)C(=O)C(=O)N2CC(=O)C(C)CC. The summed E-state index contributed by atoms with van der Waals surface area (Å²) in [6.07, 6.45) is 1.54. The molecule has 0 N–H and O–H groups in total. The number of rotatable bonds is 5. The van der Waals surface area contributed by atoms with E-state index in [1.807, 2.05) is 26.8 Å². The van der Waals surface area contributed by atoms with Gasteiger partial charge in [-0.25, -0.2) is 0 Å². The van der Waals surface area contributed by atoms with Crippen LogP contribution in [0, 0.1) is 5.92 Å². The van der Waals surface area contributed by atoms with E-state index in [1.54, 1.807) is 12.1 Å². The van der Waals surface area contributed by atoms with Crippen LogP contribution >= 0.6 is 0 Å². The first kappa shape index (κ1) is 14.4. The van der Waals surface area contributed by atoms with Crippen molar-refractivity contribution in [2.24, 2.45) is 5.92 Å². The second-order valence-electron chi connectivity index (χ2n) is 5.20. The predicted octanol–water partition coefficient (Wildman–Crippen LogP) is 2.39. The largest absolute Gasteiger partial charge is 0.299 e. The van der Waals surface area contributed by atoms with Crippen molar-refractivity contribution in [1.82, 2.24) is 0 Å².